The van der Waals surface area contributed by atoms with Crippen LogP contribution in [0.2, 0.25) is 0 Å². The van der Waals surface area contributed by atoms with Gasteiger partial charge in [-0.05, 0) is 18.4 Å². The van der Waals surface area contributed by atoms with Crippen molar-refractivity contribution in [2.75, 3.05) is 6.61 Å². The summed E-state index contributed by atoms with van der Waals surface area (Å²) in [6, 6.07) is 2.64. The summed E-state index contributed by atoms with van der Waals surface area (Å²) in [4.78, 5) is 70.8. The van der Waals surface area contributed by atoms with Gasteiger partial charge in [-0.3, -0.25) is 24.0 Å². The maximum absolute atomic E-state index is 12.8. The van der Waals surface area contributed by atoms with Crippen molar-refractivity contribution in [1.29, 1.82) is 0 Å². The Kier molecular flexibility index (Phi) is 12.5. The number of carbonyl (C=O) groups is 6. The van der Waals surface area contributed by atoms with Crippen LogP contribution in [0, 0.1) is 0 Å². The van der Waals surface area contributed by atoms with E-state index in [0.717, 1.165) is 0 Å². The number of hydrogen-bond donors (Lipinski definition) is 8. The van der Waals surface area contributed by atoms with Crippen molar-refractivity contribution >= 4 is 35.6 Å². The first-order chi connectivity index (χ1) is 16.9. The number of carboxylic acids is 3. The van der Waals surface area contributed by atoms with Gasteiger partial charge >= 0.3 is 17.9 Å². The number of benzene rings is 1. The number of aliphatic hydroxyl groups excluding tert-OH is 1. The molecule has 1 aromatic carbocycles. The first-order valence-corrected chi connectivity index (χ1v) is 10.9. The summed E-state index contributed by atoms with van der Waals surface area (Å²) in [5.41, 5.74) is 6.18. The largest absolute Gasteiger partial charge is 0.481 e. The Balaban J connectivity index is 2.91. The highest BCUT2D eigenvalue weighted by atomic mass is 16.4. The van der Waals surface area contributed by atoms with Gasteiger partial charge in [0.25, 0.3) is 0 Å². The first kappa shape index (κ1) is 30.0. The minimum Gasteiger partial charge on any atom is -0.481 e. The van der Waals surface area contributed by atoms with Gasteiger partial charge in [0.1, 0.15) is 18.1 Å². The topological polar surface area (TPSA) is 245 Å². The zero-order chi connectivity index (χ0) is 27.3. The molecule has 3 amide bonds. The van der Waals surface area contributed by atoms with Gasteiger partial charge in [0.05, 0.1) is 12.6 Å². The molecule has 1 aromatic rings. The number of carboxylic acid groups (broad SMARTS) is 3. The predicted octanol–water partition coefficient (Wildman–Crippen LogP) is -2.18. The molecule has 0 aliphatic rings. The molecule has 0 bridgehead atoms. The molecule has 0 saturated carbocycles. The van der Waals surface area contributed by atoms with E-state index in [1.165, 1.54) is 0 Å². The Bertz CT molecular complexity index is 940. The minimum atomic E-state index is -1.59. The van der Waals surface area contributed by atoms with E-state index in [0.29, 0.717) is 5.56 Å². The Labute approximate surface area is 205 Å². The van der Waals surface area contributed by atoms with E-state index in [4.69, 9.17) is 15.9 Å². The maximum atomic E-state index is 12.8. The van der Waals surface area contributed by atoms with Crippen LogP contribution in [0.4, 0.5) is 0 Å². The number of nitrogens with two attached hydrogens (primary N) is 1. The number of rotatable bonds is 16. The Hall–Kier alpha value is -4.04. The first-order valence-electron chi connectivity index (χ1n) is 10.9. The highest BCUT2D eigenvalue weighted by Crippen LogP contribution is 2.06. The van der Waals surface area contributed by atoms with Gasteiger partial charge in [-0.15, -0.1) is 0 Å². The lowest BCUT2D eigenvalue weighted by atomic mass is 10.0. The molecule has 36 heavy (non-hydrogen) atoms. The summed E-state index contributed by atoms with van der Waals surface area (Å²) in [7, 11) is 0. The summed E-state index contributed by atoms with van der Waals surface area (Å²) >= 11 is 0. The van der Waals surface area contributed by atoms with Crippen LogP contribution in [0.5, 0.6) is 0 Å². The van der Waals surface area contributed by atoms with E-state index in [1.54, 1.807) is 30.3 Å². The molecule has 4 atom stereocenters. The average molecular weight is 511 g/mol. The molecule has 198 valence electrons. The quantitative estimate of drug-likeness (QED) is 0.119. The van der Waals surface area contributed by atoms with E-state index in [9.17, 15) is 39.0 Å². The van der Waals surface area contributed by atoms with E-state index >= 15 is 0 Å². The van der Waals surface area contributed by atoms with Crippen LogP contribution in [0.3, 0.4) is 0 Å². The second-order valence-electron chi connectivity index (χ2n) is 7.87. The normalized spacial score (nSPS) is 13.9. The van der Waals surface area contributed by atoms with Gasteiger partial charge in [-0.2, -0.15) is 0 Å². The zero-order valence-corrected chi connectivity index (χ0v) is 19.3. The fourth-order valence-electron chi connectivity index (χ4n) is 3.01. The van der Waals surface area contributed by atoms with Crippen LogP contribution >= 0.6 is 0 Å². The molecule has 4 unspecified atom stereocenters. The van der Waals surface area contributed by atoms with Gasteiger partial charge in [-0.25, -0.2) is 4.79 Å². The summed E-state index contributed by atoms with van der Waals surface area (Å²) in [5, 5.41) is 43.3. The van der Waals surface area contributed by atoms with Crippen LogP contribution in [0.25, 0.3) is 0 Å². The van der Waals surface area contributed by atoms with E-state index in [1.807, 2.05) is 0 Å². The summed E-state index contributed by atoms with van der Waals surface area (Å²) < 4.78 is 0. The van der Waals surface area contributed by atoms with Crippen LogP contribution in [-0.2, 0) is 35.2 Å². The average Bonchev–Trinajstić information content (AvgIpc) is 2.82. The zero-order valence-electron chi connectivity index (χ0n) is 19.3. The predicted molar refractivity (Wildman–Crippen MR) is 122 cm³/mol. The third kappa shape index (κ3) is 10.9. The van der Waals surface area contributed by atoms with Crippen LogP contribution in [-0.4, -0.2) is 86.8 Å². The third-order valence-electron chi connectivity index (χ3n) is 5.00. The van der Waals surface area contributed by atoms with Crippen molar-refractivity contribution in [2.24, 2.45) is 5.73 Å². The number of amides is 3. The molecular formula is C22H30N4O10. The van der Waals surface area contributed by atoms with Crippen molar-refractivity contribution in [2.45, 2.75) is 56.3 Å². The van der Waals surface area contributed by atoms with E-state index in [2.05, 4.69) is 16.0 Å². The molecule has 14 nitrogen and oxygen atoms in total. The van der Waals surface area contributed by atoms with Gasteiger partial charge < -0.3 is 42.1 Å². The molecule has 0 aromatic heterocycles. The molecular weight excluding hydrogens is 480 g/mol. The molecule has 0 heterocycles. The molecule has 0 aliphatic heterocycles. The molecule has 14 heteroatoms. The summed E-state index contributed by atoms with van der Waals surface area (Å²) in [6.45, 7) is -0.914. The van der Waals surface area contributed by atoms with Crippen molar-refractivity contribution in [3.63, 3.8) is 0 Å². The fraction of sp³-hybridized carbons (Fsp3) is 0.455. The smallest absolute Gasteiger partial charge is 0.326 e. The second-order valence-corrected chi connectivity index (χ2v) is 7.87. The SMILES string of the molecule is NC(CCC(=O)O)C(=O)NC(CO)C(=O)NC(CCC(=O)O)C(=O)NC(Cc1ccccc1)C(=O)O. The van der Waals surface area contributed by atoms with Crippen LogP contribution in [0.15, 0.2) is 30.3 Å². The molecule has 1 rings (SSSR count). The summed E-state index contributed by atoms with van der Waals surface area (Å²) in [5.74, 6) is -6.78. The molecule has 0 saturated heterocycles. The maximum Gasteiger partial charge on any atom is 0.326 e. The number of nitrogens with one attached hydrogen (secondary N) is 3. The highest BCUT2D eigenvalue weighted by molar-refractivity contribution is 5.94. The molecule has 0 spiro atoms. The lowest BCUT2D eigenvalue weighted by molar-refractivity contribution is -0.143. The molecule has 0 fully saturated rings. The second kappa shape index (κ2) is 15.1. The van der Waals surface area contributed by atoms with Gasteiger partial charge in [0.2, 0.25) is 17.7 Å². The fourth-order valence-corrected chi connectivity index (χ4v) is 3.01. The molecule has 0 radical (unpaired) electrons. The van der Waals surface area contributed by atoms with Crippen molar-refractivity contribution in [3.8, 4) is 0 Å². The lowest BCUT2D eigenvalue weighted by Gasteiger charge is -2.24. The number of aliphatic hydroxyl groups is 1. The molecule has 9 N–H and O–H groups in total. The van der Waals surface area contributed by atoms with Crippen molar-refractivity contribution < 1.29 is 49.2 Å². The van der Waals surface area contributed by atoms with Crippen molar-refractivity contribution in [3.05, 3.63) is 35.9 Å². The Morgan fingerprint density at radius 3 is 1.75 bits per heavy atom. The van der Waals surface area contributed by atoms with Gasteiger partial charge in [-0.1, -0.05) is 30.3 Å². The van der Waals surface area contributed by atoms with Crippen molar-refractivity contribution in [1.82, 2.24) is 16.0 Å². The third-order valence-corrected chi connectivity index (χ3v) is 5.00. The number of hydrogen-bond acceptors (Lipinski definition) is 8. The number of carbonyl (C=O) groups excluding carboxylic acids is 3. The van der Waals surface area contributed by atoms with E-state index < -0.39 is 85.7 Å². The highest BCUT2D eigenvalue weighted by Gasteiger charge is 2.30. The lowest BCUT2D eigenvalue weighted by Crippen LogP contribution is -2.58. The number of aliphatic carboxylic acids is 3. The van der Waals surface area contributed by atoms with E-state index in [-0.39, 0.29) is 12.8 Å². The van der Waals surface area contributed by atoms with Gasteiger partial charge in [0.15, 0.2) is 0 Å². The minimum absolute atomic E-state index is 0.0783. The Morgan fingerprint density at radius 2 is 1.22 bits per heavy atom. The van der Waals surface area contributed by atoms with Crippen LogP contribution < -0.4 is 21.7 Å². The Morgan fingerprint density at radius 1 is 0.722 bits per heavy atom. The monoisotopic (exact) mass is 510 g/mol. The van der Waals surface area contributed by atoms with Crippen LogP contribution in [0.1, 0.15) is 31.2 Å². The van der Waals surface area contributed by atoms with Gasteiger partial charge in [0, 0.05) is 19.3 Å². The summed E-state index contributed by atoms with van der Waals surface area (Å²) in [6.07, 6.45) is -1.68. The standard InChI is InChI=1S/C22H30N4O10/c23-13(6-8-17(28)29)19(32)26-16(11-27)21(34)24-14(7-9-18(30)31)20(33)25-15(22(35)36)10-12-4-2-1-3-5-12/h1-5,13-16,27H,6-11,23H2,(H,24,34)(H,25,33)(H,26,32)(H,28,29)(H,30,31)(H,35,36). The molecule has 0 aliphatic carbocycles.